The highest BCUT2D eigenvalue weighted by molar-refractivity contribution is 5.88. The van der Waals surface area contributed by atoms with E-state index in [1.54, 1.807) is 32.8 Å². The fourth-order valence-corrected chi connectivity index (χ4v) is 9.29. The number of aromatic nitrogens is 2. The SMILES string of the molecule is C=CCNC(=O)OCN1c2ccccc2C=C(C2CCN(C(=O)N[C@H](Cc3cc(C)c4c(cnn4COC(=O)NCC=C)c3)C(=O)N3CCN(C4CCN(C)CC4)CC3)CC2)C1O. The summed E-state index contributed by atoms with van der Waals surface area (Å²) in [5.74, 6) is -0.140. The van der Waals surface area contributed by atoms with E-state index in [0.717, 1.165) is 77.9 Å². The number of benzene rings is 2. The summed E-state index contributed by atoms with van der Waals surface area (Å²) < 4.78 is 12.4. The van der Waals surface area contributed by atoms with Crippen LogP contribution in [0.2, 0.25) is 0 Å². The van der Waals surface area contributed by atoms with Gasteiger partial charge in [0.15, 0.2) is 19.7 Å². The van der Waals surface area contributed by atoms with Crippen LogP contribution in [0.3, 0.4) is 0 Å². The Morgan fingerprint density at radius 2 is 1.54 bits per heavy atom. The van der Waals surface area contributed by atoms with Gasteiger partial charge in [-0.3, -0.25) is 9.69 Å². The van der Waals surface area contributed by atoms with Gasteiger partial charge in [0.2, 0.25) is 5.91 Å². The molecule has 0 saturated carbocycles. The number of carbonyl (C=O) groups is 4. The summed E-state index contributed by atoms with van der Waals surface area (Å²) in [6, 6.07) is 11.0. The smallest absolute Gasteiger partial charge is 0.409 e. The molecule has 5 amide bonds. The van der Waals surface area contributed by atoms with Crippen molar-refractivity contribution in [2.75, 3.05) is 84.1 Å². The van der Waals surface area contributed by atoms with E-state index < -0.39 is 24.5 Å². The summed E-state index contributed by atoms with van der Waals surface area (Å²) in [6.45, 7) is 15.3. The van der Waals surface area contributed by atoms with Crippen LogP contribution in [0.15, 0.2) is 73.5 Å². The minimum atomic E-state index is -1.03. The second-order valence-electron chi connectivity index (χ2n) is 16.9. The van der Waals surface area contributed by atoms with Crippen molar-refractivity contribution in [1.82, 2.24) is 45.3 Å². The number of hydrogen-bond donors (Lipinski definition) is 4. The van der Waals surface area contributed by atoms with Crippen molar-refractivity contribution in [1.29, 1.82) is 0 Å². The molecule has 4 aliphatic rings. The maximum Gasteiger partial charge on any atom is 0.409 e. The van der Waals surface area contributed by atoms with Crippen molar-refractivity contribution in [3.8, 4) is 0 Å². The number of nitrogens with one attached hydrogen (secondary N) is 3. The van der Waals surface area contributed by atoms with Crippen molar-refractivity contribution in [3.63, 3.8) is 0 Å². The number of piperazine rings is 1. The number of aliphatic hydroxyl groups excluding tert-OH is 1. The number of anilines is 1. The summed E-state index contributed by atoms with van der Waals surface area (Å²) in [7, 11) is 2.16. The van der Waals surface area contributed by atoms with Gasteiger partial charge in [-0.2, -0.15) is 5.10 Å². The van der Waals surface area contributed by atoms with Crippen LogP contribution in [0.1, 0.15) is 42.4 Å². The first-order chi connectivity index (χ1) is 30.5. The van der Waals surface area contributed by atoms with Gasteiger partial charge in [0, 0.05) is 75.9 Å². The van der Waals surface area contributed by atoms with Crippen LogP contribution in [0, 0.1) is 12.8 Å². The summed E-state index contributed by atoms with van der Waals surface area (Å²) >= 11 is 0. The van der Waals surface area contributed by atoms with Crippen LogP contribution in [0.4, 0.5) is 20.1 Å². The molecule has 2 atom stereocenters. The first-order valence-corrected chi connectivity index (χ1v) is 22.0. The highest BCUT2D eigenvalue weighted by atomic mass is 16.6. The molecule has 0 spiro atoms. The van der Waals surface area contributed by atoms with Gasteiger partial charge in [-0.05, 0) is 99.1 Å². The molecule has 0 radical (unpaired) electrons. The third-order valence-electron chi connectivity index (χ3n) is 12.7. The van der Waals surface area contributed by atoms with Crippen LogP contribution in [-0.2, 0) is 27.4 Å². The Balaban J connectivity index is 1.03. The summed E-state index contributed by atoms with van der Waals surface area (Å²) in [6.07, 6.45) is 8.36. The molecular weight excluding hydrogens is 805 g/mol. The largest absolute Gasteiger partial charge is 0.428 e. The van der Waals surface area contributed by atoms with Gasteiger partial charge >= 0.3 is 18.2 Å². The highest BCUT2D eigenvalue weighted by Crippen LogP contribution is 2.38. The predicted octanol–water partition coefficient (Wildman–Crippen LogP) is 3.88. The standard InChI is InChI=1S/C46H62N10O7/c1-5-15-47-45(60)62-30-55-40-10-8-7-9-35(40)28-38(42(55)57)34-11-19-54(20-12-34)44(59)50-39(43(58)53-23-21-52(22-24-53)37-13-17-51(4)18-14-37)27-33-25-32(3)41-36(26-33)29-49-56(41)31-63-46(61)48-16-6-2/h5-10,25-26,28-29,34,37,39,42,57H,1-2,11-24,27,30-31H2,3-4H3,(H,47,60)(H,48,61)(H,50,59)/t39-,42?/m1/s1. The van der Waals surface area contributed by atoms with E-state index in [4.69, 9.17) is 9.47 Å². The molecule has 4 N–H and O–H groups in total. The van der Waals surface area contributed by atoms with Gasteiger partial charge < -0.3 is 50.1 Å². The monoisotopic (exact) mass is 866 g/mol. The second-order valence-corrected chi connectivity index (χ2v) is 16.9. The minimum Gasteiger partial charge on any atom is -0.428 e. The maximum absolute atomic E-state index is 14.5. The van der Waals surface area contributed by atoms with E-state index in [1.807, 2.05) is 54.3 Å². The Kier molecular flexibility index (Phi) is 15.0. The van der Waals surface area contributed by atoms with E-state index in [9.17, 15) is 24.3 Å². The molecular formula is C46H62N10O7. The lowest BCUT2D eigenvalue weighted by atomic mass is 9.84. The molecule has 5 heterocycles. The van der Waals surface area contributed by atoms with E-state index in [0.29, 0.717) is 45.1 Å². The van der Waals surface area contributed by atoms with Crippen molar-refractivity contribution >= 4 is 46.8 Å². The average molecular weight is 867 g/mol. The lowest BCUT2D eigenvalue weighted by Crippen LogP contribution is -2.59. The molecule has 2 aromatic carbocycles. The fourth-order valence-electron chi connectivity index (χ4n) is 9.29. The molecule has 0 bridgehead atoms. The number of hydrogen-bond acceptors (Lipinski definition) is 11. The lowest BCUT2D eigenvalue weighted by molar-refractivity contribution is -0.135. The number of fused-ring (bicyclic) bond motifs is 2. The lowest BCUT2D eigenvalue weighted by Gasteiger charge is -2.43. The Morgan fingerprint density at radius 1 is 0.873 bits per heavy atom. The normalized spacial score (nSPS) is 19.4. The Labute approximate surface area is 369 Å². The number of carbonyl (C=O) groups excluding carboxylic acids is 4. The molecule has 1 unspecified atom stereocenters. The zero-order chi connectivity index (χ0) is 44.5. The van der Waals surface area contributed by atoms with Gasteiger partial charge in [-0.1, -0.05) is 36.4 Å². The topological polar surface area (TPSA) is 177 Å². The number of aryl methyl sites for hydroxylation is 1. The Bertz CT molecular complexity index is 2150. The minimum absolute atomic E-state index is 0.0321. The molecule has 63 heavy (non-hydrogen) atoms. The third-order valence-corrected chi connectivity index (χ3v) is 12.7. The van der Waals surface area contributed by atoms with E-state index >= 15 is 0 Å². The molecule has 4 aliphatic heterocycles. The molecule has 7 rings (SSSR count). The number of rotatable bonds is 14. The number of urea groups is 1. The summed E-state index contributed by atoms with van der Waals surface area (Å²) in [5, 5.41) is 25.3. The van der Waals surface area contributed by atoms with E-state index in [2.05, 4.69) is 51.1 Å². The Morgan fingerprint density at radius 3 is 2.22 bits per heavy atom. The van der Waals surface area contributed by atoms with Gasteiger partial charge in [0.05, 0.1) is 11.7 Å². The number of ether oxygens (including phenoxy) is 2. The number of alkyl carbamates (subject to hydrolysis) is 2. The molecule has 0 aliphatic carbocycles. The average Bonchev–Trinajstić information content (AvgIpc) is 3.72. The van der Waals surface area contributed by atoms with Crippen molar-refractivity contribution in [2.45, 2.75) is 64.1 Å². The number of nitrogens with zero attached hydrogens (tertiary/aromatic N) is 7. The van der Waals surface area contributed by atoms with Crippen molar-refractivity contribution in [2.24, 2.45) is 5.92 Å². The number of para-hydroxylation sites is 1. The summed E-state index contributed by atoms with van der Waals surface area (Å²) in [4.78, 5) is 63.2. The van der Waals surface area contributed by atoms with Gasteiger partial charge in [0.25, 0.3) is 0 Å². The predicted molar refractivity (Wildman–Crippen MR) is 241 cm³/mol. The van der Waals surface area contributed by atoms with Gasteiger partial charge in [-0.15, -0.1) is 13.2 Å². The number of amides is 5. The number of piperidine rings is 2. The van der Waals surface area contributed by atoms with Crippen LogP contribution in [0.5, 0.6) is 0 Å². The molecule has 3 aromatic rings. The molecule has 1 aromatic heterocycles. The van der Waals surface area contributed by atoms with Crippen LogP contribution >= 0.6 is 0 Å². The number of likely N-dealkylation sites (tertiary alicyclic amines) is 2. The van der Waals surface area contributed by atoms with Crippen molar-refractivity contribution in [3.05, 3.63) is 90.2 Å². The molecule has 3 saturated heterocycles. The zero-order valence-electron chi connectivity index (χ0n) is 36.5. The van der Waals surface area contributed by atoms with Crippen molar-refractivity contribution < 1.29 is 33.8 Å². The first kappa shape index (κ1) is 45.1. The Hall–Kier alpha value is -5.91. The first-order valence-electron chi connectivity index (χ1n) is 22.0. The number of aliphatic hydroxyl groups is 1. The van der Waals surface area contributed by atoms with Gasteiger partial charge in [0.1, 0.15) is 6.04 Å². The molecule has 3 fully saturated rings. The van der Waals surface area contributed by atoms with Crippen LogP contribution in [-0.4, -0.2) is 156 Å². The maximum atomic E-state index is 14.5. The fraction of sp³-hybridized carbons (Fsp3) is 0.500. The van der Waals surface area contributed by atoms with Crippen LogP contribution < -0.4 is 20.9 Å². The molecule has 17 nitrogen and oxygen atoms in total. The quantitative estimate of drug-likeness (QED) is 0.173. The third kappa shape index (κ3) is 11.0. The highest BCUT2D eigenvalue weighted by Gasteiger charge is 2.37. The van der Waals surface area contributed by atoms with E-state index in [1.165, 1.54) is 0 Å². The van der Waals surface area contributed by atoms with Crippen LogP contribution in [0.25, 0.3) is 17.0 Å². The molecule has 338 valence electrons. The molecule has 17 heteroatoms. The van der Waals surface area contributed by atoms with Gasteiger partial charge in [-0.25, -0.2) is 19.1 Å². The van der Waals surface area contributed by atoms with E-state index in [-0.39, 0.29) is 50.8 Å². The summed E-state index contributed by atoms with van der Waals surface area (Å²) in [5.41, 5.74) is 5.03. The second kappa shape index (κ2) is 21.0. The zero-order valence-corrected chi connectivity index (χ0v) is 36.5.